The summed E-state index contributed by atoms with van der Waals surface area (Å²) in [7, 11) is -3.62. The summed E-state index contributed by atoms with van der Waals surface area (Å²) in [6.45, 7) is 5.12. The number of carbonyl (C=O) groups excluding carboxylic acids is 1. The van der Waals surface area contributed by atoms with Gasteiger partial charge in [0.15, 0.2) is 0 Å². The summed E-state index contributed by atoms with van der Waals surface area (Å²) < 4.78 is 27.1. The second kappa shape index (κ2) is 6.19. The number of benzene rings is 2. The average molecular weight is 318 g/mol. The molecule has 2 aromatic rings. The van der Waals surface area contributed by atoms with E-state index in [1.165, 1.54) is 6.92 Å². The van der Waals surface area contributed by atoms with Crippen molar-refractivity contribution in [3.05, 3.63) is 53.6 Å². The third kappa shape index (κ3) is 3.85. The molecule has 0 unspecified atom stereocenters. The van der Waals surface area contributed by atoms with Crippen LogP contribution >= 0.6 is 0 Å². The third-order valence-corrected chi connectivity index (χ3v) is 4.52. The second-order valence-corrected chi connectivity index (χ2v) is 6.81. The zero-order chi connectivity index (χ0) is 16.3. The lowest BCUT2D eigenvalue weighted by Crippen LogP contribution is -2.13. The molecule has 0 radical (unpaired) electrons. The third-order valence-electron chi connectivity index (χ3n) is 3.12. The number of rotatable bonds is 4. The van der Waals surface area contributed by atoms with Crippen molar-refractivity contribution < 1.29 is 13.2 Å². The van der Waals surface area contributed by atoms with E-state index in [1.54, 1.807) is 49.4 Å². The van der Waals surface area contributed by atoms with Gasteiger partial charge in [-0.2, -0.15) is 0 Å². The van der Waals surface area contributed by atoms with Crippen molar-refractivity contribution in [2.45, 2.75) is 25.7 Å². The molecule has 1 amide bonds. The van der Waals surface area contributed by atoms with Crippen LogP contribution in [0, 0.1) is 13.8 Å². The molecule has 2 aromatic carbocycles. The molecular formula is C16H18N2O3S. The summed E-state index contributed by atoms with van der Waals surface area (Å²) in [5, 5.41) is 2.68. The lowest BCUT2D eigenvalue weighted by molar-refractivity contribution is -0.114. The molecule has 0 heterocycles. The highest BCUT2D eigenvalue weighted by Crippen LogP contribution is 2.22. The summed E-state index contributed by atoms with van der Waals surface area (Å²) in [5.74, 6) is -0.170. The predicted octanol–water partition coefficient (Wildman–Crippen LogP) is 3.06. The summed E-state index contributed by atoms with van der Waals surface area (Å²) in [6, 6.07) is 11.6. The Labute approximate surface area is 130 Å². The number of nitrogens with one attached hydrogen (secondary N) is 2. The molecule has 116 valence electrons. The highest BCUT2D eigenvalue weighted by molar-refractivity contribution is 7.92. The molecule has 0 saturated heterocycles. The minimum atomic E-state index is -3.62. The summed E-state index contributed by atoms with van der Waals surface area (Å²) in [4.78, 5) is 11.3. The van der Waals surface area contributed by atoms with Gasteiger partial charge in [0.2, 0.25) is 5.91 Å². The zero-order valence-corrected chi connectivity index (χ0v) is 13.5. The Hall–Kier alpha value is -2.34. The first-order valence-corrected chi connectivity index (χ1v) is 8.24. The molecule has 0 aliphatic rings. The van der Waals surface area contributed by atoms with Crippen LogP contribution in [0.3, 0.4) is 0 Å². The predicted molar refractivity (Wildman–Crippen MR) is 87.5 cm³/mol. The van der Waals surface area contributed by atoms with E-state index in [0.29, 0.717) is 11.4 Å². The molecule has 0 spiro atoms. The molecule has 0 fully saturated rings. The normalized spacial score (nSPS) is 11.0. The molecule has 0 atom stereocenters. The van der Waals surface area contributed by atoms with Gasteiger partial charge in [-0.15, -0.1) is 0 Å². The molecule has 0 saturated carbocycles. The Bertz CT molecular complexity index is 797. The van der Waals surface area contributed by atoms with Gasteiger partial charge in [0.05, 0.1) is 4.90 Å². The molecule has 0 aromatic heterocycles. The fraction of sp³-hybridized carbons (Fsp3) is 0.188. The minimum Gasteiger partial charge on any atom is -0.326 e. The topological polar surface area (TPSA) is 75.3 Å². The van der Waals surface area contributed by atoms with Crippen LogP contribution in [0.4, 0.5) is 11.4 Å². The van der Waals surface area contributed by atoms with Crippen molar-refractivity contribution in [2.24, 2.45) is 0 Å². The van der Waals surface area contributed by atoms with Crippen LogP contribution in [0.5, 0.6) is 0 Å². The fourth-order valence-electron chi connectivity index (χ4n) is 1.99. The van der Waals surface area contributed by atoms with Gasteiger partial charge in [-0.05, 0) is 49.7 Å². The van der Waals surface area contributed by atoms with Gasteiger partial charge >= 0.3 is 0 Å². The quantitative estimate of drug-likeness (QED) is 0.909. The van der Waals surface area contributed by atoms with Crippen molar-refractivity contribution in [1.82, 2.24) is 0 Å². The minimum absolute atomic E-state index is 0.170. The molecular weight excluding hydrogens is 300 g/mol. The van der Waals surface area contributed by atoms with E-state index in [4.69, 9.17) is 0 Å². The van der Waals surface area contributed by atoms with Crippen molar-refractivity contribution in [1.29, 1.82) is 0 Å². The van der Waals surface area contributed by atoms with Gasteiger partial charge in [-0.1, -0.05) is 17.7 Å². The van der Waals surface area contributed by atoms with Crippen molar-refractivity contribution in [3.8, 4) is 0 Å². The Morgan fingerprint density at radius 3 is 2.18 bits per heavy atom. The standard InChI is InChI=1S/C16H18N2O3S/c1-11-4-7-15(8-5-11)22(20,21)18-14-6-9-16(12(2)10-14)17-13(3)19/h4-10,18H,1-3H3,(H,17,19). The molecule has 0 bridgehead atoms. The lowest BCUT2D eigenvalue weighted by Gasteiger charge is -2.11. The van der Waals surface area contributed by atoms with Crippen LogP contribution < -0.4 is 10.0 Å². The number of sulfonamides is 1. The molecule has 0 aliphatic heterocycles. The maximum Gasteiger partial charge on any atom is 0.261 e. The highest BCUT2D eigenvalue weighted by atomic mass is 32.2. The van der Waals surface area contributed by atoms with Crippen molar-refractivity contribution >= 4 is 27.3 Å². The number of hydrogen-bond acceptors (Lipinski definition) is 3. The number of aryl methyl sites for hydroxylation is 2. The van der Waals surface area contributed by atoms with Crippen LogP contribution in [0.2, 0.25) is 0 Å². The van der Waals surface area contributed by atoms with Gasteiger partial charge in [-0.25, -0.2) is 8.42 Å². The molecule has 2 N–H and O–H groups in total. The number of carbonyl (C=O) groups is 1. The smallest absolute Gasteiger partial charge is 0.261 e. The maximum absolute atomic E-state index is 12.3. The maximum atomic E-state index is 12.3. The first kappa shape index (κ1) is 16.0. The molecule has 0 aliphatic carbocycles. The Morgan fingerprint density at radius 2 is 1.64 bits per heavy atom. The monoisotopic (exact) mass is 318 g/mol. The average Bonchev–Trinajstić information content (AvgIpc) is 2.41. The first-order chi connectivity index (χ1) is 10.3. The van der Waals surface area contributed by atoms with Gasteiger partial charge in [0, 0.05) is 18.3 Å². The van der Waals surface area contributed by atoms with Gasteiger partial charge < -0.3 is 5.32 Å². The highest BCUT2D eigenvalue weighted by Gasteiger charge is 2.14. The van der Waals surface area contributed by atoms with E-state index in [0.717, 1.165) is 11.1 Å². The summed E-state index contributed by atoms with van der Waals surface area (Å²) >= 11 is 0. The van der Waals surface area contributed by atoms with E-state index in [1.807, 2.05) is 6.92 Å². The van der Waals surface area contributed by atoms with Crippen LogP contribution in [-0.4, -0.2) is 14.3 Å². The summed E-state index contributed by atoms with van der Waals surface area (Å²) in [6.07, 6.45) is 0. The Balaban J connectivity index is 2.24. The van der Waals surface area contributed by atoms with E-state index in [2.05, 4.69) is 10.0 Å². The second-order valence-electron chi connectivity index (χ2n) is 5.13. The summed E-state index contributed by atoms with van der Waals surface area (Å²) in [5.41, 5.74) is 2.88. The SMILES string of the molecule is CC(=O)Nc1ccc(NS(=O)(=O)c2ccc(C)cc2)cc1C. The molecule has 5 nitrogen and oxygen atoms in total. The van der Waals surface area contributed by atoms with E-state index in [9.17, 15) is 13.2 Å². The number of amides is 1. The molecule has 22 heavy (non-hydrogen) atoms. The fourth-order valence-corrected chi connectivity index (χ4v) is 3.04. The van der Waals surface area contributed by atoms with Gasteiger partial charge in [0.1, 0.15) is 0 Å². The first-order valence-electron chi connectivity index (χ1n) is 6.76. The number of anilines is 2. The number of hydrogen-bond donors (Lipinski definition) is 2. The zero-order valence-electron chi connectivity index (χ0n) is 12.7. The van der Waals surface area contributed by atoms with Crippen LogP contribution in [0.1, 0.15) is 18.1 Å². The lowest BCUT2D eigenvalue weighted by atomic mass is 10.2. The van der Waals surface area contributed by atoms with Crippen molar-refractivity contribution in [3.63, 3.8) is 0 Å². The Kier molecular flexibility index (Phi) is 4.51. The van der Waals surface area contributed by atoms with Gasteiger partial charge in [0.25, 0.3) is 10.0 Å². The Morgan fingerprint density at radius 1 is 1.00 bits per heavy atom. The largest absolute Gasteiger partial charge is 0.326 e. The molecule has 6 heteroatoms. The van der Waals surface area contributed by atoms with E-state index in [-0.39, 0.29) is 10.8 Å². The van der Waals surface area contributed by atoms with Gasteiger partial charge in [-0.3, -0.25) is 9.52 Å². The van der Waals surface area contributed by atoms with Crippen LogP contribution in [-0.2, 0) is 14.8 Å². The van der Waals surface area contributed by atoms with Crippen LogP contribution in [0.25, 0.3) is 0 Å². The van der Waals surface area contributed by atoms with E-state index < -0.39 is 10.0 Å². The van der Waals surface area contributed by atoms with Crippen molar-refractivity contribution in [2.75, 3.05) is 10.0 Å². The molecule has 2 rings (SSSR count). The van der Waals surface area contributed by atoms with Crippen LogP contribution in [0.15, 0.2) is 47.4 Å². The van der Waals surface area contributed by atoms with E-state index >= 15 is 0 Å².